The summed E-state index contributed by atoms with van der Waals surface area (Å²) >= 11 is 6.40. The second-order valence-electron chi connectivity index (χ2n) is 6.16. The molecule has 1 N–H and O–H groups in total. The van der Waals surface area contributed by atoms with E-state index in [1.54, 1.807) is 18.2 Å². The molecule has 1 aromatic rings. The van der Waals surface area contributed by atoms with Crippen molar-refractivity contribution in [2.75, 3.05) is 4.90 Å². The van der Waals surface area contributed by atoms with Gasteiger partial charge in [0.25, 0.3) is 0 Å². The summed E-state index contributed by atoms with van der Waals surface area (Å²) in [5.74, 6) is 0.919. The fraction of sp³-hybridized carbons (Fsp3) is 0.300. The number of benzene rings is 1. The highest BCUT2D eigenvalue weighted by molar-refractivity contribution is 6.22. The third kappa shape index (κ3) is 3.85. The van der Waals surface area contributed by atoms with E-state index in [1.807, 2.05) is 26.0 Å². The average Bonchev–Trinajstić information content (AvgIpc) is 2.69. The Kier molecular flexibility index (Phi) is 5.86. The van der Waals surface area contributed by atoms with E-state index >= 15 is 0 Å². The number of ether oxygens (including phenoxy) is 2. The van der Waals surface area contributed by atoms with Gasteiger partial charge < -0.3 is 14.8 Å². The molecule has 0 fully saturated rings. The van der Waals surface area contributed by atoms with Crippen LogP contribution in [0.4, 0.5) is 10.5 Å². The van der Waals surface area contributed by atoms with Crippen LogP contribution < -0.4 is 19.7 Å². The summed E-state index contributed by atoms with van der Waals surface area (Å²) in [4.78, 5) is 25.5. The molecule has 1 aromatic carbocycles. The van der Waals surface area contributed by atoms with Crippen molar-refractivity contribution in [1.29, 1.82) is 0 Å². The number of alkyl halides is 1. The summed E-state index contributed by atoms with van der Waals surface area (Å²) in [6.45, 7) is 4.03. The molecule has 2 aliphatic rings. The third-order valence-corrected chi connectivity index (χ3v) is 5.07. The Hall–Kier alpha value is -2.73. The lowest BCUT2D eigenvalue weighted by Crippen LogP contribution is -2.42. The van der Waals surface area contributed by atoms with Crippen molar-refractivity contribution in [1.82, 2.24) is 5.32 Å². The zero-order valence-electron chi connectivity index (χ0n) is 15.1. The Labute approximate surface area is 163 Å². The summed E-state index contributed by atoms with van der Waals surface area (Å²) in [5.41, 5.74) is 2.14. The molecular formula is C20H21ClN2O4. The molecule has 7 heteroatoms. The van der Waals surface area contributed by atoms with E-state index in [4.69, 9.17) is 21.1 Å². The average molecular weight is 389 g/mol. The molecule has 1 heterocycles. The molecule has 1 aliphatic carbocycles. The molecule has 6 nitrogen and oxygen atoms in total. The van der Waals surface area contributed by atoms with Gasteiger partial charge in [-0.05, 0) is 30.5 Å². The number of halogens is 1. The maximum Gasteiger partial charge on any atom is 0.332 e. The van der Waals surface area contributed by atoms with Crippen LogP contribution in [0.25, 0.3) is 0 Å². The van der Waals surface area contributed by atoms with Crippen LogP contribution in [0.15, 0.2) is 54.1 Å². The van der Waals surface area contributed by atoms with Gasteiger partial charge in [0.05, 0.1) is 11.1 Å². The van der Waals surface area contributed by atoms with Crippen molar-refractivity contribution < 1.29 is 19.1 Å². The second kappa shape index (κ2) is 8.31. The maximum atomic E-state index is 12.8. The Bertz CT molecular complexity index is 831. The van der Waals surface area contributed by atoms with Crippen molar-refractivity contribution in [2.24, 2.45) is 5.92 Å². The number of nitrogens with one attached hydrogen (secondary N) is 1. The summed E-state index contributed by atoms with van der Waals surface area (Å²) in [7, 11) is 0. The zero-order valence-corrected chi connectivity index (χ0v) is 15.9. The smallest absolute Gasteiger partial charge is 0.332 e. The second-order valence-corrected chi connectivity index (χ2v) is 6.66. The molecule has 142 valence electrons. The molecule has 2 unspecified atom stereocenters. The zero-order chi connectivity index (χ0) is 19.4. The highest BCUT2D eigenvalue weighted by Gasteiger charge is 2.28. The van der Waals surface area contributed by atoms with E-state index < -0.39 is 6.03 Å². The molecule has 3 amide bonds. The minimum Gasteiger partial charge on any atom is -0.458 e. The Balaban J connectivity index is 1.86. The molecule has 1 aliphatic heterocycles. The van der Waals surface area contributed by atoms with Gasteiger partial charge in [-0.15, -0.1) is 11.6 Å². The monoisotopic (exact) mass is 388 g/mol. The lowest BCUT2D eigenvalue weighted by atomic mass is 9.88. The number of allylic oxidation sites excluding steroid dienone is 4. The van der Waals surface area contributed by atoms with Gasteiger partial charge in [-0.1, -0.05) is 26.0 Å². The summed E-state index contributed by atoms with van der Waals surface area (Å²) in [6, 6.07) is 4.29. The van der Waals surface area contributed by atoms with Gasteiger partial charge in [0.1, 0.15) is 12.5 Å². The van der Waals surface area contributed by atoms with E-state index in [-0.39, 0.29) is 11.3 Å². The van der Waals surface area contributed by atoms with Crippen LogP contribution in [-0.2, 0) is 4.79 Å². The van der Waals surface area contributed by atoms with Crippen LogP contribution in [0.1, 0.15) is 26.7 Å². The standard InChI is InChI=1S/C20H21ClN2O4/c1-3-13-5-7-16(21)15(4-2)19(13)22-20(25)23(12-24)14-6-8-17-18(11-14)27-10-9-26-17/h5-12,15-16H,3-4H2,1-2H3,(H,22,25). The number of amides is 3. The fourth-order valence-corrected chi connectivity index (χ4v) is 3.56. The molecule has 0 spiro atoms. The first-order chi connectivity index (χ1) is 13.1. The maximum absolute atomic E-state index is 12.8. The molecule has 2 atom stereocenters. The molecule has 0 radical (unpaired) electrons. The van der Waals surface area contributed by atoms with E-state index in [9.17, 15) is 9.59 Å². The third-order valence-electron chi connectivity index (χ3n) is 4.62. The first-order valence-corrected chi connectivity index (χ1v) is 9.25. The van der Waals surface area contributed by atoms with Crippen LogP contribution >= 0.6 is 11.6 Å². The van der Waals surface area contributed by atoms with Crippen LogP contribution in [-0.4, -0.2) is 17.8 Å². The van der Waals surface area contributed by atoms with E-state index in [0.29, 0.717) is 23.6 Å². The lowest BCUT2D eigenvalue weighted by molar-refractivity contribution is -0.106. The van der Waals surface area contributed by atoms with Gasteiger partial charge >= 0.3 is 6.03 Å². The van der Waals surface area contributed by atoms with Crippen LogP contribution in [0.2, 0.25) is 0 Å². The van der Waals surface area contributed by atoms with Crippen LogP contribution in [0.3, 0.4) is 0 Å². The van der Waals surface area contributed by atoms with Gasteiger partial charge in [-0.2, -0.15) is 0 Å². The van der Waals surface area contributed by atoms with E-state index in [0.717, 1.165) is 29.0 Å². The number of rotatable bonds is 5. The number of imide groups is 1. The van der Waals surface area contributed by atoms with Gasteiger partial charge in [0.15, 0.2) is 11.5 Å². The number of fused-ring (bicyclic) bond motifs is 1. The lowest BCUT2D eigenvalue weighted by Gasteiger charge is -2.29. The predicted molar refractivity (Wildman–Crippen MR) is 104 cm³/mol. The van der Waals surface area contributed by atoms with Crippen LogP contribution in [0.5, 0.6) is 11.5 Å². The Morgan fingerprint density at radius 3 is 2.67 bits per heavy atom. The number of urea groups is 1. The highest BCUT2D eigenvalue weighted by Crippen LogP contribution is 2.35. The van der Waals surface area contributed by atoms with Gasteiger partial charge in [0.2, 0.25) is 6.41 Å². The molecular weight excluding hydrogens is 368 g/mol. The number of carbonyl (C=O) groups excluding carboxylic acids is 2. The van der Waals surface area contributed by atoms with Crippen LogP contribution in [0, 0.1) is 5.92 Å². The number of nitrogens with zero attached hydrogens (tertiary/aromatic N) is 1. The number of hydrogen-bond donors (Lipinski definition) is 1. The first kappa shape index (κ1) is 19.0. The largest absolute Gasteiger partial charge is 0.458 e. The van der Waals surface area contributed by atoms with Crippen molar-refractivity contribution >= 4 is 29.7 Å². The molecule has 0 aromatic heterocycles. The van der Waals surface area contributed by atoms with Gasteiger partial charge in [0, 0.05) is 17.7 Å². The molecule has 0 saturated carbocycles. The summed E-state index contributed by atoms with van der Waals surface area (Å²) < 4.78 is 10.7. The number of carbonyl (C=O) groups is 2. The van der Waals surface area contributed by atoms with Crippen molar-refractivity contribution in [3.8, 4) is 11.5 Å². The molecule has 0 bridgehead atoms. The topological polar surface area (TPSA) is 67.9 Å². The normalized spacial score (nSPS) is 20.4. The summed E-state index contributed by atoms with van der Waals surface area (Å²) in [6.07, 6.45) is 8.67. The first-order valence-electron chi connectivity index (χ1n) is 8.82. The minimum atomic E-state index is -0.546. The van der Waals surface area contributed by atoms with E-state index in [2.05, 4.69) is 5.32 Å². The minimum absolute atomic E-state index is 0.0190. The quantitative estimate of drug-likeness (QED) is 0.597. The van der Waals surface area contributed by atoms with E-state index in [1.165, 1.54) is 12.5 Å². The summed E-state index contributed by atoms with van der Waals surface area (Å²) in [5, 5.41) is 2.69. The SMILES string of the molecule is CCC1=C(NC(=O)N(C=O)c2ccc3c(c2)OC=CO3)C(CC)C(Cl)C=C1. The van der Waals surface area contributed by atoms with Crippen molar-refractivity contribution in [2.45, 2.75) is 32.1 Å². The van der Waals surface area contributed by atoms with Crippen molar-refractivity contribution in [3.63, 3.8) is 0 Å². The number of anilines is 1. The molecule has 3 rings (SSSR count). The van der Waals surface area contributed by atoms with Crippen molar-refractivity contribution in [3.05, 3.63) is 54.1 Å². The predicted octanol–water partition coefficient (Wildman–Crippen LogP) is 4.47. The Morgan fingerprint density at radius 1 is 1.26 bits per heavy atom. The number of hydrogen-bond acceptors (Lipinski definition) is 4. The molecule has 27 heavy (non-hydrogen) atoms. The van der Waals surface area contributed by atoms with Gasteiger partial charge in [-0.25, -0.2) is 9.69 Å². The van der Waals surface area contributed by atoms with Gasteiger partial charge in [-0.3, -0.25) is 4.79 Å². The Morgan fingerprint density at radius 2 is 2.00 bits per heavy atom. The highest BCUT2D eigenvalue weighted by atomic mass is 35.5. The fourth-order valence-electron chi connectivity index (χ4n) is 3.18. The molecule has 0 saturated heterocycles.